The Bertz CT molecular complexity index is 600. The third-order valence-electron chi connectivity index (χ3n) is 2.80. The molecule has 0 aromatic heterocycles. The maximum absolute atomic E-state index is 8.88. The first-order valence-electron chi connectivity index (χ1n) is 5.94. The minimum Gasteiger partial charge on any atom is -0.397 e. The van der Waals surface area contributed by atoms with Crippen LogP contribution in [0.1, 0.15) is 11.1 Å². The van der Waals surface area contributed by atoms with Crippen LogP contribution >= 0.6 is 11.6 Å². The standard InChI is InChI=1S/C15H14ClN3/c16-8-7-11-1-4-13(5-2-11)19-15-9-12(10-17)3-6-14(15)18/h1-6,9,19H,7-8,18H2. The molecule has 0 aliphatic carbocycles. The quantitative estimate of drug-likeness (QED) is 0.659. The van der Waals surface area contributed by atoms with Gasteiger partial charge < -0.3 is 11.1 Å². The first-order valence-corrected chi connectivity index (χ1v) is 6.48. The summed E-state index contributed by atoms with van der Waals surface area (Å²) >= 11 is 5.70. The molecule has 4 heteroatoms. The van der Waals surface area contributed by atoms with Crippen LogP contribution in [0.4, 0.5) is 17.1 Å². The molecule has 0 spiro atoms. The van der Waals surface area contributed by atoms with Gasteiger partial charge >= 0.3 is 0 Å². The molecule has 0 unspecified atom stereocenters. The summed E-state index contributed by atoms with van der Waals surface area (Å²) in [4.78, 5) is 0. The Labute approximate surface area is 117 Å². The van der Waals surface area contributed by atoms with Crippen LogP contribution in [0, 0.1) is 11.3 Å². The van der Waals surface area contributed by atoms with Gasteiger partial charge in [-0.05, 0) is 42.3 Å². The Hall–Kier alpha value is -2.18. The van der Waals surface area contributed by atoms with Crippen LogP contribution in [0.2, 0.25) is 0 Å². The highest BCUT2D eigenvalue weighted by molar-refractivity contribution is 6.17. The molecule has 0 radical (unpaired) electrons. The van der Waals surface area contributed by atoms with Crippen molar-refractivity contribution < 1.29 is 0 Å². The van der Waals surface area contributed by atoms with Gasteiger partial charge in [0.2, 0.25) is 0 Å². The van der Waals surface area contributed by atoms with Crippen LogP contribution < -0.4 is 11.1 Å². The van der Waals surface area contributed by atoms with E-state index in [1.165, 1.54) is 5.56 Å². The fraction of sp³-hybridized carbons (Fsp3) is 0.133. The first kappa shape index (κ1) is 13.3. The number of nitriles is 1. The fourth-order valence-electron chi connectivity index (χ4n) is 1.75. The largest absolute Gasteiger partial charge is 0.397 e. The molecule has 0 aliphatic rings. The number of hydrogen-bond acceptors (Lipinski definition) is 3. The summed E-state index contributed by atoms with van der Waals surface area (Å²) in [5.74, 6) is 0.615. The summed E-state index contributed by atoms with van der Waals surface area (Å²) in [6.07, 6.45) is 0.855. The zero-order chi connectivity index (χ0) is 13.7. The fourth-order valence-corrected chi connectivity index (χ4v) is 1.97. The Morgan fingerprint density at radius 1 is 1.16 bits per heavy atom. The number of nitrogens with zero attached hydrogens (tertiary/aromatic N) is 1. The molecule has 0 aliphatic heterocycles. The number of nitrogens with two attached hydrogens (primary N) is 1. The Morgan fingerprint density at radius 3 is 2.53 bits per heavy atom. The molecule has 0 amide bonds. The second-order valence-corrected chi connectivity index (χ2v) is 4.55. The molecular weight excluding hydrogens is 258 g/mol. The molecule has 3 N–H and O–H groups in total. The summed E-state index contributed by atoms with van der Waals surface area (Å²) in [6.45, 7) is 0. The normalized spacial score (nSPS) is 9.89. The van der Waals surface area contributed by atoms with Gasteiger partial charge in [-0.1, -0.05) is 12.1 Å². The SMILES string of the molecule is N#Cc1ccc(N)c(Nc2ccc(CCCl)cc2)c1. The van der Waals surface area contributed by atoms with E-state index in [4.69, 9.17) is 22.6 Å². The van der Waals surface area contributed by atoms with E-state index < -0.39 is 0 Å². The van der Waals surface area contributed by atoms with E-state index in [-0.39, 0.29) is 0 Å². The smallest absolute Gasteiger partial charge is 0.0992 e. The molecule has 96 valence electrons. The number of nitrogen functional groups attached to an aromatic ring is 1. The van der Waals surface area contributed by atoms with Gasteiger partial charge in [0.25, 0.3) is 0 Å². The van der Waals surface area contributed by atoms with Gasteiger partial charge in [0.05, 0.1) is 23.0 Å². The summed E-state index contributed by atoms with van der Waals surface area (Å²) in [5.41, 5.74) is 9.94. The van der Waals surface area contributed by atoms with E-state index in [0.29, 0.717) is 17.1 Å². The summed E-state index contributed by atoms with van der Waals surface area (Å²) in [7, 11) is 0. The molecular formula is C15H14ClN3. The number of rotatable bonds is 4. The van der Waals surface area contributed by atoms with Gasteiger partial charge in [0, 0.05) is 11.6 Å². The average Bonchev–Trinajstić information content (AvgIpc) is 2.44. The molecule has 2 rings (SSSR count). The average molecular weight is 272 g/mol. The zero-order valence-electron chi connectivity index (χ0n) is 10.4. The third-order valence-corrected chi connectivity index (χ3v) is 2.99. The van der Waals surface area contributed by atoms with Crippen molar-refractivity contribution in [2.24, 2.45) is 0 Å². The maximum atomic E-state index is 8.88. The van der Waals surface area contributed by atoms with Crippen molar-refractivity contribution in [2.75, 3.05) is 16.9 Å². The van der Waals surface area contributed by atoms with Gasteiger partial charge in [-0.25, -0.2) is 0 Å². The predicted molar refractivity (Wildman–Crippen MR) is 79.7 cm³/mol. The molecule has 0 fully saturated rings. The van der Waals surface area contributed by atoms with Crippen molar-refractivity contribution in [3.63, 3.8) is 0 Å². The minimum absolute atomic E-state index is 0.579. The first-order chi connectivity index (χ1) is 9.22. The number of alkyl halides is 1. The third kappa shape index (κ3) is 3.40. The summed E-state index contributed by atoms with van der Waals surface area (Å²) in [6, 6.07) is 15.2. The number of halogens is 1. The zero-order valence-corrected chi connectivity index (χ0v) is 11.1. The van der Waals surface area contributed by atoms with E-state index in [9.17, 15) is 0 Å². The number of hydrogen-bond donors (Lipinski definition) is 2. The lowest BCUT2D eigenvalue weighted by atomic mass is 10.1. The van der Waals surface area contributed by atoms with Gasteiger partial charge in [-0.15, -0.1) is 11.6 Å². The van der Waals surface area contributed by atoms with Crippen molar-refractivity contribution in [1.82, 2.24) is 0 Å². The highest BCUT2D eigenvalue weighted by Gasteiger charge is 2.02. The summed E-state index contributed by atoms with van der Waals surface area (Å²) < 4.78 is 0. The Kier molecular flexibility index (Phi) is 4.27. The van der Waals surface area contributed by atoms with Gasteiger partial charge in [0.15, 0.2) is 0 Å². The molecule has 0 atom stereocenters. The van der Waals surface area contributed by atoms with Crippen LogP contribution in [0.3, 0.4) is 0 Å². The van der Waals surface area contributed by atoms with Crippen molar-refractivity contribution >= 4 is 28.7 Å². The van der Waals surface area contributed by atoms with E-state index in [1.807, 2.05) is 24.3 Å². The van der Waals surface area contributed by atoms with Crippen LogP contribution in [-0.2, 0) is 6.42 Å². The van der Waals surface area contributed by atoms with Crippen molar-refractivity contribution in [3.8, 4) is 6.07 Å². The number of benzene rings is 2. The van der Waals surface area contributed by atoms with Crippen LogP contribution in [0.5, 0.6) is 0 Å². The van der Waals surface area contributed by atoms with E-state index in [0.717, 1.165) is 17.8 Å². The molecule has 2 aromatic rings. The molecule has 2 aromatic carbocycles. The van der Waals surface area contributed by atoms with E-state index >= 15 is 0 Å². The van der Waals surface area contributed by atoms with Gasteiger partial charge in [-0.2, -0.15) is 5.26 Å². The second kappa shape index (κ2) is 6.12. The second-order valence-electron chi connectivity index (χ2n) is 4.17. The van der Waals surface area contributed by atoms with E-state index in [1.54, 1.807) is 18.2 Å². The molecule has 0 bridgehead atoms. The molecule has 0 saturated heterocycles. The topological polar surface area (TPSA) is 61.8 Å². The van der Waals surface area contributed by atoms with Crippen LogP contribution in [0.25, 0.3) is 0 Å². The summed E-state index contributed by atoms with van der Waals surface area (Å²) in [5, 5.41) is 12.1. The van der Waals surface area contributed by atoms with Crippen molar-refractivity contribution in [1.29, 1.82) is 5.26 Å². The Balaban J connectivity index is 2.19. The lowest BCUT2D eigenvalue weighted by Crippen LogP contribution is -1.97. The minimum atomic E-state index is 0.579. The van der Waals surface area contributed by atoms with E-state index in [2.05, 4.69) is 11.4 Å². The highest BCUT2D eigenvalue weighted by Crippen LogP contribution is 2.24. The molecule has 0 heterocycles. The monoisotopic (exact) mass is 271 g/mol. The van der Waals surface area contributed by atoms with Gasteiger partial charge in [0.1, 0.15) is 0 Å². The number of aryl methyl sites for hydroxylation is 1. The number of nitrogens with one attached hydrogen (secondary N) is 1. The molecule has 3 nitrogen and oxygen atoms in total. The maximum Gasteiger partial charge on any atom is 0.0992 e. The van der Waals surface area contributed by atoms with Crippen molar-refractivity contribution in [2.45, 2.75) is 6.42 Å². The van der Waals surface area contributed by atoms with Crippen molar-refractivity contribution in [3.05, 3.63) is 53.6 Å². The molecule has 19 heavy (non-hydrogen) atoms. The number of anilines is 3. The van der Waals surface area contributed by atoms with Gasteiger partial charge in [-0.3, -0.25) is 0 Å². The van der Waals surface area contributed by atoms with Crippen LogP contribution in [-0.4, -0.2) is 5.88 Å². The highest BCUT2D eigenvalue weighted by atomic mass is 35.5. The lowest BCUT2D eigenvalue weighted by molar-refractivity contribution is 1.15. The lowest BCUT2D eigenvalue weighted by Gasteiger charge is -2.10. The predicted octanol–water partition coefficient (Wildman–Crippen LogP) is 3.67. The van der Waals surface area contributed by atoms with Crippen LogP contribution in [0.15, 0.2) is 42.5 Å². The Morgan fingerprint density at radius 2 is 1.89 bits per heavy atom. The molecule has 0 saturated carbocycles.